The minimum absolute atomic E-state index is 0.115. The average molecular weight is 337 g/mol. The molecule has 7 heteroatoms. The van der Waals surface area contributed by atoms with Gasteiger partial charge < -0.3 is 14.2 Å². The van der Waals surface area contributed by atoms with E-state index >= 15 is 0 Å². The lowest BCUT2D eigenvalue weighted by atomic mass is 10.2. The highest BCUT2D eigenvalue weighted by Gasteiger charge is 2.16. The van der Waals surface area contributed by atoms with E-state index in [2.05, 4.69) is 4.72 Å². The normalized spacial score (nSPS) is 11.1. The first-order valence-corrected chi connectivity index (χ1v) is 8.33. The van der Waals surface area contributed by atoms with Crippen LogP contribution in [0.1, 0.15) is 5.56 Å². The molecule has 0 bridgehead atoms. The van der Waals surface area contributed by atoms with Gasteiger partial charge in [-0.15, -0.1) is 0 Å². The molecule has 0 aliphatic carbocycles. The zero-order valence-electron chi connectivity index (χ0n) is 13.2. The van der Waals surface area contributed by atoms with Gasteiger partial charge >= 0.3 is 0 Å². The van der Waals surface area contributed by atoms with E-state index in [9.17, 15) is 8.42 Å². The minimum Gasteiger partial charge on any atom is -0.497 e. The fourth-order valence-corrected chi connectivity index (χ4v) is 3.02. The Labute approximate surface area is 136 Å². The number of rotatable bonds is 7. The first-order chi connectivity index (χ1) is 11.0. The van der Waals surface area contributed by atoms with Crippen molar-refractivity contribution in [3.8, 4) is 17.2 Å². The number of hydrogen-bond acceptors (Lipinski definition) is 5. The van der Waals surface area contributed by atoms with Crippen molar-refractivity contribution in [2.75, 3.05) is 21.3 Å². The lowest BCUT2D eigenvalue weighted by molar-refractivity contribution is 0.354. The molecule has 0 spiro atoms. The SMILES string of the molecule is COc1ccc(CNS(=O)(=O)c2ccc(OC)c(OC)c2)cc1. The molecule has 0 aliphatic heterocycles. The molecule has 0 saturated carbocycles. The zero-order valence-corrected chi connectivity index (χ0v) is 14.0. The average Bonchev–Trinajstić information content (AvgIpc) is 2.59. The monoisotopic (exact) mass is 337 g/mol. The Hall–Kier alpha value is -2.25. The molecule has 2 aromatic rings. The topological polar surface area (TPSA) is 73.9 Å². The highest BCUT2D eigenvalue weighted by Crippen LogP contribution is 2.29. The minimum atomic E-state index is -3.65. The van der Waals surface area contributed by atoms with E-state index in [1.807, 2.05) is 0 Å². The van der Waals surface area contributed by atoms with Gasteiger partial charge in [-0.05, 0) is 29.8 Å². The number of methoxy groups -OCH3 is 3. The standard InChI is InChI=1S/C16H19NO5S/c1-20-13-6-4-12(5-7-13)11-17-23(18,19)14-8-9-15(21-2)16(10-14)22-3/h4-10,17H,11H2,1-3H3. The smallest absolute Gasteiger partial charge is 0.241 e. The molecule has 23 heavy (non-hydrogen) atoms. The molecule has 0 atom stereocenters. The number of benzene rings is 2. The van der Waals surface area contributed by atoms with Crippen LogP contribution in [-0.2, 0) is 16.6 Å². The number of sulfonamides is 1. The molecule has 2 rings (SSSR count). The molecule has 0 heterocycles. The van der Waals surface area contributed by atoms with E-state index in [1.165, 1.54) is 26.4 Å². The summed E-state index contributed by atoms with van der Waals surface area (Å²) in [5.41, 5.74) is 0.829. The summed E-state index contributed by atoms with van der Waals surface area (Å²) in [5.74, 6) is 1.55. The summed E-state index contributed by atoms with van der Waals surface area (Å²) in [6, 6.07) is 11.6. The highest BCUT2D eigenvalue weighted by molar-refractivity contribution is 7.89. The first kappa shape index (κ1) is 17.1. The van der Waals surface area contributed by atoms with Gasteiger partial charge in [0.2, 0.25) is 10.0 Å². The molecule has 0 radical (unpaired) electrons. The molecular weight excluding hydrogens is 318 g/mol. The van der Waals surface area contributed by atoms with E-state index in [1.54, 1.807) is 37.4 Å². The lowest BCUT2D eigenvalue weighted by Crippen LogP contribution is -2.23. The Bertz CT molecular complexity index is 757. The fourth-order valence-electron chi connectivity index (χ4n) is 1.99. The van der Waals surface area contributed by atoms with Gasteiger partial charge in [0.15, 0.2) is 11.5 Å². The Morgan fingerprint density at radius 1 is 0.870 bits per heavy atom. The van der Waals surface area contributed by atoms with Crippen LogP contribution in [-0.4, -0.2) is 29.7 Å². The van der Waals surface area contributed by atoms with E-state index in [4.69, 9.17) is 14.2 Å². The van der Waals surface area contributed by atoms with Crippen molar-refractivity contribution in [1.29, 1.82) is 0 Å². The summed E-state index contributed by atoms with van der Waals surface area (Å²) < 4.78 is 42.6. The predicted octanol–water partition coefficient (Wildman–Crippen LogP) is 2.19. The van der Waals surface area contributed by atoms with Crippen molar-refractivity contribution in [2.45, 2.75) is 11.4 Å². The van der Waals surface area contributed by atoms with Crippen LogP contribution in [0.5, 0.6) is 17.2 Å². The van der Waals surface area contributed by atoms with Crippen molar-refractivity contribution >= 4 is 10.0 Å². The second-order valence-electron chi connectivity index (χ2n) is 4.69. The molecule has 124 valence electrons. The van der Waals surface area contributed by atoms with Crippen molar-refractivity contribution in [3.05, 3.63) is 48.0 Å². The van der Waals surface area contributed by atoms with Gasteiger partial charge in [-0.3, -0.25) is 0 Å². The quantitative estimate of drug-likeness (QED) is 0.838. The first-order valence-electron chi connectivity index (χ1n) is 6.85. The molecule has 0 aliphatic rings. The molecule has 2 aromatic carbocycles. The second kappa shape index (κ2) is 7.34. The summed E-state index contributed by atoms with van der Waals surface area (Å²) in [6.45, 7) is 0.181. The van der Waals surface area contributed by atoms with Gasteiger partial charge in [0.05, 0.1) is 26.2 Å². The maximum Gasteiger partial charge on any atom is 0.241 e. The van der Waals surface area contributed by atoms with Crippen molar-refractivity contribution in [1.82, 2.24) is 4.72 Å². The maximum atomic E-state index is 12.4. The van der Waals surface area contributed by atoms with Crippen LogP contribution in [0, 0.1) is 0 Å². The van der Waals surface area contributed by atoms with Gasteiger partial charge in [-0.2, -0.15) is 0 Å². The van der Waals surface area contributed by atoms with Crippen LogP contribution >= 0.6 is 0 Å². The summed E-state index contributed by atoms with van der Waals surface area (Å²) >= 11 is 0. The molecule has 0 aromatic heterocycles. The molecule has 0 amide bonds. The van der Waals surface area contributed by atoms with Gasteiger partial charge in [-0.25, -0.2) is 13.1 Å². The van der Waals surface area contributed by atoms with E-state index < -0.39 is 10.0 Å². The van der Waals surface area contributed by atoms with Crippen LogP contribution in [0.3, 0.4) is 0 Å². The molecule has 1 N–H and O–H groups in total. The number of ether oxygens (including phenoxy) is 3. The summed E-state index contributed by atoms with van der Waals surface area (Å²) in [6.07, 6.45) is 0. The molecule has 0 saturated heterocycles. The Balaban J connectivity index is 2.14. The number of nitrogens with one attached hydrogen (secondary N) is 1. The third kappa shape index (κ3) is 4.14. The molecule has 0 fully saturated rings. The van der Waals surface area contributed by atoms with E-state index in [-0.39, 0.29) is 11.4 Å². The fraction of sp³-hybridized carbons (Fsp3) is 0.250. The van der Waals surface area contributed by atoms with Gasteiger partial charge in [-0.1, -0.05) is 12.1 Å². The van der Waals surface area contributed by atoms with Gasteiger partial charge in [0.25, 0.3) is 0 Å². The van der Waals surface area contributed by atoms with Crippen molar-refractivity contribution < 1.29 is 22.6 Å². The largest absolute Gasteiger partial charge is 0.497 e. The summed E-state index contributed by atoms with van der Waals surface area (Å²) in [5, 5.41) is 0. The maximum absolute atomic E-state index is 12.4. The Morgan fingerprint density at radius 2 is 1.52 bits per heavy atom. The van der Waals surface area contributed by atoms with Crippen molar-refractivity contribution in [3.63, 3.8) is 0 Å². The van der Waals surface area contributed by atoms with Crippen LogP contribution in [0.2, 0.25) is 0 Å². The van der Waals surface area contributed by atoms with Crippen molar-refractivity contribution in [2.24, 2.45) is 0 Å². The molecule has 0 unspecified atom stereocenters. The van der Waals surface area contributed by atoms with Crippen LogP contribution in [0.25, 0.3) is 0 Å². The third-order valence-corrected chi connectivity index (χ3v) is 4.69. The third-order valence-electron chi connectivity index (χ3n) is 3.29. The lowest BCUT2D eigenvalue weighted by Gasteiger charge is -2.11. The summed E-state index contributed by atoms with van der Waals surface area (Å²) in [4.78, 5) is 0.115. The number of hydrogen-bond donors (Lipinski definition) is 1. The van der Waals surface area contributed by atoms with Crippen LogP contribution in [0.15, 0.2) is 47.4 Å². The second-order valence-corrected chi connectivity index (χ2v) is 6.46. The van der Waals surface area contributed by atoms with E-state index in [0.29, 0.717) is 11.5 Å². The van der Waals surface area contributed by atoms with E-state index in [0.717, 1.165) is 11.3 Å². The van der Waals surface area contributed by atoms with Crippen LogP contribution in [0.4, 0.5) is 0 Å². The summed E-state index contributed by atoms with van der Waals surface area (Å²) in [7, 11) is 0.881. The Morgan fingerprint density at radius 3 is 2.09 bits per heavy atom. The van der Waals surface area contributed by atoms with Crippen LogP contribution < -0.4 is 18.9 Å². The highest BCUT2D eigenvalue weighted by atomic mass is 32.2. The molecule has 6 nitrogen and oxygen atoms in total. The van der Waals surface area contributed by atoms with Gasteiger partial charge in [0, 0.05) is 12.6 Å². The van der Waals surface area contributed by atoms with Gasteiger partial charge in [0.1, 0.15) is 5.75 Å². The predicted molar refractivity (Wildman–Crippen MR) is 86.6 cm³/mol. The Kier molecular flexibility index (Phi) is 5.46. The molecular formula is C16H19NO5S. The zero-order chi connectivity index (χ0) is 16.9.